The van der Waals surface area contributed by atoms with E-state index in [2.05, 4.69) is 0 Å². The summed E-state index contributed by atoms with van der Waals surface area (Å²) in [5.74, 6) is -0.330. The maximum atomic E-state index is 13.3. The van der Waals surface area contributed by atoms with Crippen molar-refractivity contribution < 1.29 is 19.2 Å². The average molecular weight is 569 g/mol. The molecule has 9 nitrogen and oxygen atoms in total. The van der Waals surface area contributed by atoms with E-state index in [1.54, 1.807) is 18.2 Å². The fourth-order valence-electron chi connectivity index (χ4n) is 5.50. The van der Waals surface area contributed by atoms with Crippen molar-refractivity contribution in [3.63, 3.8) is 0 Å². The van der Waals surface area contributed by atoms with E-state index in [1.807, 2.05) is 77.9 Å². The Bertz CT molecular complexity index is 1740. The number of thioether (sulfide) groups is 1. The fourth-order valence-corrected chi connectivity index (χ4v) is 6.33. The molecule has 10 heteroatoms. The van der Waals surface area contributed by atoms with Crippen molar-refractivity contribution in [1.29, 1.82) is 0 Å². The number of aromatic nitrogens is 1. The van der Waals surface area contributed by atoms with Gasteiger partial charge in [-0.25, -0.2) is 0 Å². The number of nitro groups is 1. The Labute approximate surface area is 241 Å². The molecule has 2 aliphatic heterocycles. The maximum Gasteiger partial charge on any atom is 0.294 e. The van der Waals surface area contributed by atoms with Crippen LogP contribution in [0.15, 0.2) is 71.6 Å². The number of nitro benzene ring substituents is 1. The van der Waals surface area contributed by atoms with Crippen LogP contribution in [0.2, 0.25) is 0 Å². The SMILES string of the molecule is Cc1cc(/C=C2\SC(=O)N(Cc3ccc4ccccc4c3)C2=O)c(C)n1-c1ccc(N2CCOCC2)c([N+](=O)[O-])c1. The second kappa shape index (κ2) is 10.9. The predicted molar refractivity (Wildman–Crippen MR) is 160 cm³/mol. The molecule has 2 aliphatic rings. The van der Waals surface area contributed by atoms with E-state index < -0.39 is 0 Å². The normalized spacial score (nSPS) is 16.8. The van der Waals surface area contributed by atoms with Gasteiger partial charge in [0.05, 0.1) is 35.3 Å². The molecule has 0 spiro atoms. The largest absolute Gasteiger partial charge is 0.378 e. The van der Waals surface area contributed by atoms with Crippen LogP contribution in [0.5, 0.6) is 0 Å². The topological polar surface area (TPSA) is 97.9 Å². The molecule has 0 bridgehead atoms. The molecule has 0 unspecified atom stereocenters. The van der Waals surface area contributed by atoms with E-state index in [0.717, 1.165) is 45.0 Å². The number of ether oxygens (including phenoxy) is 1. The van der Waals surface area contributed by atoms with Gasteiger partial charge in [-0.15, -0.1) is 0 Å². The number of aryl methyl sites for hydroxylation is 1. The van der Waals surface area contributed by atoms with Crippen molar-refractivity contribution >= 4 is 51.1 Å². The van der Waals surface area contributed by atoms with Gasteiger partial charge in [-0.05, 0) is 77.9 Å². The lowest BCUT2D eigenvalue weighted by atomic mass is 10.1. The lowest BCUT2D eigenvalue weighted by molar-refractivity contribution is -0.384. The first-order valence-corrected chi connectivity index (χ1v) is 14.2. The van der Waals surface area contributed by atoms with E-state index in [9.17, 15) is 19.7 Å². The van der Waals surface area contributed by atoms with Crippen LogP contribution in [0.1, 0.15) is 22.5 Å². The summed E-state index contributed by atoms with van der Waals surface area (Å²) in [6.45, 7) is 6.28. The Balaban J connectivity index is 1.27. The summed E-state index contributed by atoms with van der Waals surface area (Å²) in [7, 11) is 0. The van der Waals surface area contributed by atoms with Gasteiger partial charge in [0.1, 0.15) is 5.69 Å². The highest BCUT2D eigenvalue weighted by Crippen LogP contribution is 2.36. The van der Waals surface area contributed by atoms with Crippen LogP contribution in [0.25, 0.3) is 22.5 Å². The van der Waals surface area contributed by atoms with Gasteiger partial charge in [-0.2, -0.15) is 0 Å². The van der Waals surface area contributed by atoms with Gasteiger partial charge in [-0.1, -0.05) is 36.4 Å². The van der Waals surface area contributed by atoms with Crippen LogP contribution in [-0.2, 0) is 16.1 Å². The zero-order valence-corrected chi connectivity index (χ0v) is 23.5. The molecular weight excluding hydrogens is 540 g/mol. The highest BCUT2D eigenvalue weighted by atomic mass is 32.2. The van der Waals surface area contributed by atoms with Gasteiger partial charge in [0, 0.05) is 30.5 Å². The molecule has 0 radical (unpaired) electrons. The number of imide groups is 1. The number of fused-ring (bicyclic) bond motifs is 1. The van der Waals surface area contributed by atoms with Crippen LogP contribution in [-0.4, -0.2) is 51.8 Å². The Kier molecular flexibility index (Phi) is 7.10. The first kappa shape index (κ1) is 26.8. The molecule has 208 valence electrons. The first-order chi connectivity index (χ1) is 19.8. The molecule has 6 rings (SSSR count). The number of morpholine rings is 1. The minimum atomic E-state index is -0.352. The van der Waals surface area contributed by atoms with E-state index in [4.69, 9.17) is 4.74 Å². The molecule has 2 fully saturated rings. The number of anilines is 1. The first-order valence-electron chi connectivity index (χ1n) is 13.3. The second-order valence-corrected chi connectivity index (χ2v) is 11.1. The Morgan fingerprint density at radius 2 is 1.73 bits per heavy atom. The molecule has 0 aliphatic carbocycles. The number of hydrogen-bond donors (Lipinski definition) is 0. The second-order valence-electron chi connectivity index (χ2n) is 10.1. The summed E-state index contributed by atoms with van der Waals surface area (Å²) >= 11 is 0.927. The van der Waals surface area contributed by atoms with E-state index in [1.165, 1.54) is 4.90 Å². The minimum Gasteiger partial charge on any atom is -0.378 e. The summed E-state index contributed by atoms with van der Waals surface area (Å²) in [5.41, 5.74) is 4.60. The lowest BCUT2D eigenvalue weighted by Crippen LogP contribution is -2.36. The number of carbonyl (C=O) groups excluding carboxylic acids is 2. The number of carbonyl (C=O) groups is 2. The van der Waals surface area contributed by atoms with E-state index >= 15 is 0 Å². The molecule has 4 aromatic rings. The van der Waals surface area contributed by atoms with Crippen molar-refractivity contribution in [3.05, 3.63) is 104 Å². The van der Waals surface area contributed by atoms with Gasteiger partial charge >= 0.3 is 0 Å². The third-order valence-electron chi connectivity index (χ3n) is 7.55. The Hall–Kier alpha value is -4.41. The quantitative estimate of drug-likeness (QED) is 0.155. The summed E-state index contributed by atoms with van der Waals surface area (Å²) in [5, 5.41) is 13.8. The number of amides is 2. The third-order valence-corrected chi connectivity index (χ3v) is 8.46. The van der Waals surface area contributed by atoms with Crippen LogP contribution < -0.4 is 4.90 Å². The number of benzene rings is 3. The smallest absolute Gasteiger partial charge is 0.294 e. The molecule has 41 heavy (non-hydrogen) atoms. The monoisotopic (exact) mass is 568 g/mol. The van der Waals surface area contributed by atoms with Crippen molar-refractivity contribution in [1.82, 2.24) is 9.47 Å². The van der Waals surface area contributed by atoms with Gasteiger partial charge in [-0.3, -0.25) is 24.6 Å². The van der Waals surface area contributed by atoms with Gasteiger partial charge in [0.2, 0.25) is 0 Å². The Morgan fingerprint density at radius 1 is 0.976 bits per heavy atom. The predicted octanol–water partition coefficient (Wildman–Crippen LogP) is 6.23. The third kappa shape index (κ3) is 5.12. The summed E-state index contributed by atoms with van der Waals surface area (Å²) in [6, 6.07) is 21.1. The number of nitrogens with zero attached hydrogens (tertiary/aromatic N) is 4. The zero-order chi connectivity index (χ0) is 28.7. The number of rotatable bonds is 6. The van der Waals surface area contributed by atoms with E-state index in [0.29, 0.717) is 42.6 Å². The standard InChI is InChI=1S/C31H28N4O5S/c1-20-15-25(21(2)34(20)26-9-10-27(28(18-26)35(38)39)32-11-13-40-14-12-32)17-29-30(36)33(31(37)41-29)19-22-7-8-23-5-3-4-6-24(23)16-22/h3-10,15-18H,11-14,19H2,1-2H3/b29-17-. The summed E-state index contributed by atoms with van der Waals surface area (Å²) < 4.78 is 7.33. The lowest BCUT2D eigenvalue weighted by Gasteiger charge is -2.28. The van der Waals surface area contributed by atoms with E-state index in [-0.39, 0.29) is 28.3 Å². The van der Waals surface area contributed by atoms with Crippen molar-refractivity contribution in [2.24, 2.45) is 0 Å². The van der Waals surface area contributed by atoms with Crippen LogP contribution in [0, 0.1) is 24.0 Å². The van der Waals surface area contributed by atoms with Crippen molar-refractivity contribution in [2.75, 3.05) is 31.2 Å². The molecule has 1 aromatic heterocycles. The maximum absolute atomic E-state index is 13.3. The van der Waals surface area contributed by atoms with Gasteiger partial charge < -0.3 is 14.2 Å². The van der Waals surface area contributed by atoms with Gasteiger partial charge in [0.15, 0.2) is 0 Å². The molecule has 3 aromatic carbocycles. The average Bonchev–Trinajstić information content (AvgIpc) is 3.41. The number of hydrogen-bond acceptors (Lipinski definition) is 7. The van der Waals surface area contributed by atoms with Crippen LogP contribution in [0.4, 0.5) is 16.2 Å². The molecule has 2 saturated heterocycles. The molecule has 3 heterocycles. The van der Waals surface area contributed by atoms with Crippen LogP contribution in [0.3, 0.4) is 0 Å². The highest BCUT2D eigenvalue weighted by molar-refractivity contribution is 8.18. The highest BCUT2D eigenvalue weighted by Gasteiger charge is 2.35. The summed E-state index contributed by atoms with van der Waals surface area (Å²) in [4.78, 5) is 41.4. The van der Waals surface area contributed by atoms with Crippen LogP contribution >= 0.6 is 11.8 Å². The molecule has 0 atom stereocenters. The zero-order valence-electron chi connectivity index (χ0n) is 22.7. The van der Waals surface area contributed by atoms with Gasteiger partial charge in [0.25, 0.3) is 16.8 Å². The Morgan fingerprint density at radius 3 is 2.49 bits per heavy atom. The molecule has 2 amide bonds. The summed E-state index contributed by atoms with van der Waals surface area (Å²) in [6.07, 6.45) is 1.74. The molecular formula is C31H28N4O5S. The van der Waals surface area contributed by atoms with Crippen molar-refractivity contribution in [2.45, 2.75) is 20.4 Å². The molecule has 0 N–H and O–H groups in total. The van der Waals surface area contributed by atoms with Crippen molar-refractivity contribution in [3.8, 4) is 5.69 Å². The minimum absolute atomic E-state index is 0.0354. The molecule has 0 saturated carbocycles. The fraction of sp³-hybridized carbons (Fsp3) is 0.226.